The van der Waals surface area contributed by atoms with E-state index < -0.39 is 0 Å². The van der Waals surface area contributed by atoms with Crippen molar-refractivity contribution in [3.8, 4) is 84.8 Å². The number of aryl methyl sites for hydroxylation is 1. The number of methoxy groups -OCH3 is 1. The third-order valence-electron chi connectivity index (χ3n) is 12.1. The van der Waals surface area contributed by atoms with E-state index in [1.807, 2.05) is 129 Å². The third-order valence-corrected chi connectivity index (χ3v) is 12.1. The number of allylic oxidation sites excluding steroid dienone is 2. The number of furan rings is 1. The smallest absolute Gasteiger partial charge is 0.180 e. The Morgan fingerprint density at radius 2 is 1.08 bits per heavy atom. The summed E-state index contributed by atoms with van der Waals surface area (Å²) in [4.78, 5) is 25.7. The van der Waals surface area contributed by atoms with Crippen molar-refractivity contribution < 1.29 is 9.15 Å². The normalized spacial score (nSPS) is 11.7. The molecule has 7 nitrogen and oxygen atoms in total. The third kappa shape index (κ3) is 8.63. The van der Waals surface area contributed by atoms with Crippen molar-refractivity contribution in [3.63, 3.8) is 0 Å². The fraction of sp³-hybridized carbons (Fsp3) is 0.136. The summed E-state index contributed by atoms with van der Waals surface area (Å²) in [6.07, 6.45) is 5.00. The molecule has 0 N–H and O–H groups in total. The number of hydrogen-bond acceptors (Lipinski definition) is 7. The second-order valence-electron chi connectivity index (χ2n) is 16.3. The van der Waals surface area contributed by atoms with Gasteiger partial charge in [-0.05, 0) is 91.3 Å². The molecular weight excluding hydrogens is 811 g/mol. The standard InChI is InChI=1S/C55H43N5O2.C4H8/c1-5-34(2)46-32-39(29-30-42(46)40-23-13-12-18-35(40)3)54-58-53(37-21-10-7-11-22-37)59-55(60-54)44-25-15-14-24-41(44)43-31-28-38(33-48(43)61-4)49-51-50(45-26-16-17-27-47(45)62-51)57-52(56-49)36-19-8-6-9-20-36;1-3-4-2/h6-34H,5H2,1-4H3;3-4H,1-2H3/b;4-3-. The fourth-order valence-electron chi connectivity index (χ4n) is 8.27. The van der Waals surface area contributed by atoms with Gasteiger partial charge in [0.05, 0.1) is 7.11 Å². The Balaban J connectivity index is 0.00000132. The minimum Gasteiger partial charge on any atom is -0.496 e. The molecule has 1 unspecified atom stereocenters. The second-order valence-corrected chi connectivity index (χ2v) is 16.3. The van der Waals surface area contributed by atoms with Gasteiger partial charge in [0.15, 0.2) is 28.9 Å². The van der Waals surface area contributed by atoms with Crippen LogP contribution in [0.4, 0.5) is 0 Å². The molecular formula is C59H51N5O2. The topological polar surface area (TPSA) is 86.8 Å². The molecule has 0 aliphatic rings. The van der Waals surface area contributed by atoms with Gasteiger partial charge in [-0.25, -0.2) is 24.9 Å². The van der Waals surface area contributed by atoms with E-state index >= 15 is 0 Å². The molecule has 0 aliphatic carbocycles. The molecule has 0 bridgehead atoms. The van der Waals surface area contributed by atoms with Crippen molar-refractivity contribution >= 4 is 22.1 Å². The monoisotopic (exact) mass is 861 g/mol. The number of nitrogens with zero attached hydrogens (tertiary/aromatic N) is 5. The van der Waals surface area contributed by atoms with Crippen molar-refractivity contribution in [1.29, 1.82) is 0 Å². The molecule has 7 heteroatoms. The van der Waals surface area contributed by atoms with Crippen molar-refractivity contribution in [2.24, 2.45) is 0 Å². The Morgan fingerprint density at radius 1 is 0.515 bits per heavy atom. The molecule has 0 radical (unpaired) electrons. The Kier molecular flexibility index (Phi) is 12.7. The predicted octanol–water partition coefficient (Wildman–Crippen LogP) is 15.6. The molecule has 0 spiro atoms. The van der Waals surface area contributed by atoms with Gasteiger partial charge in [-0.1, -0.05) is 166 Å². The van der Waals surface area contributed by atoms with Gasteiger partial charge in [0.25, 0.3) is 0 Å². The zero-order valence-corrected chi connectivity index (χ0v) is 38.2. The van der Waals surface area contributed by atoms with E-state index in [2.05, 4.69) is 87.5 Å². The molecule has 0 saturated heterocycles. The molecule has 0 aliphatic heterocycles. The summed E-state index contributed by atoms with van der Waals surface area (Å²) < 4.78 is 12.7. The summed E-state index contributed by atoms with van der Waals surface area (Å²) in [6.45, 7) is 10.7. The lowest BCUT2D eigenvalue weighted by Crippen LogP contribution is -2.03. The lowest BCUT2D eigenvalue weighted by atomic mass is 9.87. The van der Waals surface area contributed by atoms with Crippen LogP contribution >= 0.6 is 0 Å². The van der Waals surface area contributed by atoms with E-state index in [1.165, 1.54) is 22.3 Å². The zero-order chi connectivity index (χ0) is 45.6. The minimum atomic E-state index is 0.325. The Morgan fingerprint density at radius 3 is 1.74 bits per heavy atom. The molecule has 66 heavy (non-hydrogen) atoms. The summed E-state index contributed by atoms with van der Waals surface area (Å²) >= 11 is 0. The quantitative estimate of drug-likeness (QED) is 0.127. The van der Waals surface area contributed by atoms with Crippen LogP contribution in [0.25, 0.3) is 101 Å². The largest absolute Gasteiger partial charge is 0.496 e. The number of rotatable bonds is 10. The van der Waals surface area contributed by atoms with Crippen LogP contribution in [0.3, 0.4) is 0 Å². The molecule has 3 heterocycles. The highest BCUT2D eigenvalue weighted by molar-refractivity contribution is 6.07. The summed E-state index contributed by atoms with van der Waals surface area (Å²) in [5.41, 5.74) is 14.1. The highest BCUT2D eigenvalue weighted by Crippen LogP contribution is 2.42. The summed E-state index contributed by atoms with van der Waals surface area (Å²) in [5.74, 6) is 3.39. The van der Waals surface area contributed by atoms with E-state index in [0.717, 1.165) is 61.9 Å². The Bertz CT molecular complexity index is 3340. The van der Waals surface area contributed by atoms with Crippen molar-refractivity contribution in [1.82, 2.24) is 24.9 Å². The van der Waals surface area contributed by atoms with Crippen LogP contribution in [0.15, 0.2) is 186 Å². The molecule has 3 aromatic heterocycles. The highest BCUT2D eigenvalue weighted by atomic mass is 16.5. The SMILES string of the molecule is C/C=C\C.CCC(C)c1cc(-c2nc(-c3ccccc3)nc(-c3ccccc3-c3ccc(-c4nc(-c5ccccc5)nc5c4oc4ccccc45)cc3OC)n2)ccc1-c1ccccc1C. The van der Waals surface area contributed by atoms with Crippen LogP contribution in [0.2, 0.25) is 0 Å². The Hall–Kier alpha value is -8.03. The van der Waals surface area contributed by atoms with Crippen LogP contribution in [0.5, 0.6) is 5.75 Å². The molecule has 10 aromatic rings. The van der Waals surface area contributed by atoms with Crippen LogP contribution < -0.4 is 4.74 Å². The van der Waals surface area contributed by atoms with Gasteiger partial charge in [-0.2, -0.15) is 0 Å². The first-order valence-corrected chi connectivity index (χ1v) is 22.5. The van der Waals surface area contributed by atoms with E-state index in [9.17, 15) is 0 Å². The van der Waals surface area contributed by atoms with Gasteiger partial charge in [-0.15, -0.1) is 0 Å². The number of aromatic nitrogens is 5. The maximum atomic E-state index is 6.46. The van der Waals surface area contributed by atoms with Crippen LogP contribution in [-0.4, -0.2) is 32.0 Å². The number of hydrogen-bond donors (Lipinski definition) is 0. The van der Waals surface area contributed by atoms with Crippen LogP contribution in [0, 0.1) is 6.92 Å². The molecule has 324 valence electrons. The summed E-state index contributed by atoms with van der Waals surface area (Å²) in [7, 11) is 1.70. The molecule has 1 atom stereocenters. The van der Waals surface area contributed by atoms with Crippen molar-refractivity contribution in [2.45, 2.75) is 47.0 Å². The van der Waals surface area contributed by atoms with E-state index in [0.29, 0.717) is 46.2 Å². The van der Waals surface area contributed by atoms with E-state index in [1.54, 1.807) is 7.11 Å². The number of fused-ring (bicyclic) bond motifs is 3. The van der Waals surface area contributed by atoms with E-state index in [4.69, 9.17) is 34.1 Å². The maximum Gasteiger partial charge on any atom is 0.180 e. The first kappa shape index (κ1) is 43.2. The predicted molar refractivity (Wildman–Crippen MR) is 271 cm³/mol. The molecule has 0 saturated carbocycles. The van der Waals surface area contributed by atoms with Gasteiger partial charge in [0, 0.05) is 38.8 Å². The fourth-order valence-corrected chi connectivity index (χ4v) is 8.27. The van der Waals surface area contributed by atoms with Crippen molar-refractivity contribution in [3.05, 3.63) is 193 Å². The first-order valence-electron chi connectivity index (χ1n) is 22.5. The number of ether oxygens (including phenoxy) is 1. The average Bonchev–Trinajstić information content (AvgIpc) is 3.77. The van der Waals surface area contributed by atoms with Gasteiger partial charge in [-0.3, -0.25) is 0 Å². The molecule has 0 fully saturated rings. The lowest BCUT2D eigenvalue weighted by molar-refractivity contribution is 0.416. The van der Waals surface area contributed by atoms with Gasteiger partial charge >= 0.3 is 0 Å². The highest BCUT2D eigenvalue weighted by Gasteiger charge is 2.22. The molecule has 0 amide bonds. The second kappa shape index (κ2) is 19.4. The van der Waals surface area contributed by atoms with Gasteiger partial charge in [0.1, 0.15) is 22.5 Å². The van der Waals surface area contributed by atoms with Gasteiger partial charge < -0.3 is 9.15 Å². The molecule has 7 aromatic carbocycles. The summed E-state index contributed by atoms with van der Waals surface area (Å²) in [6, 6.07) is 57.7. The number of benzene rings is 7. The van der Waals surface area contributed by atoms with E-state index in [-0.39, 0.29) is 0 Å². The minimum absolute atomic E-state index is 0.325. The maximum absolute atomic E-state index is 6.46. The summed E-state index contributed by atoms with van der Waals surface area (Å²) in [5, 5.41) is 0.936. The lowest BCUT2D eigenvalue weighted by Gasteiger charge is -2.19. The molecule has 10 rings (SSSR count). The van der Waals surface area contributed by atoms with Gasteiger partial charge in [0.2, 0.25) is 0 Å². The number of para-hydroxylation sites is 1. The van der Waals surface area contributed by atoms with Crippen LogP contribution in [0.1, 0.15) is 51.2 Å². The van der Waals surface area contributed by atoms with Crippen molar-refractivity contribution in [2.75, 3.05) is 7.11 Å². The first-order chi connectivity index (χ1) is 32.4. The van der Waals surface area contributed by atoms with Crippen LogP contribution in [-0.2, 0) is 0 Å². The zero-order valence-electron chi connectivity index (χ0n) is 38.2. The Labute approximate surface area is 386 Å². The average molecular weight is 862 g/mol.